The number of nitro groups is 1. The normalized spacial score (nSPS) is 14.0. The summed E-state index contributed by atoms with van der Waals surface area (Å²) in [5, 5.41) is 14.8. The van der Waals surface area contributed by atoms with E-state index in [4.69, 9.17) is 11.6 Å². The van der Waals surface area contributed by atoms with Crippen molar-refractivity contribution in [3.63, 3.8) is 0 Å². The second-order valence-electron chi connectivity index (χ2n) is 7.84. The van der Waals surface area contributed by atoms with E-state index < -0.39 is 22.6 Å². The van der Waals surface area contributed by atoms with Crippen LogP contribution in [-0.2, 0) is 0 Å². The number of piperidine rings is 1. The highest BCUT2D eigenvalue weighted by atomic mass is 35.5. The molecule has 13 heteroatoms. The van der Waals surface area contributed by atoms with Crippen LogP contribution in [0.3, 0.4) is 0 Å². The van der Waals surface area contributed by atoms with Crippen LogP contribution >= 0.6 is 22.9 Å². The van der Waals surface area contributed by atoms with Gasteiger partial charge in [-0.15, -0.1) is 11.3 Å². The molecule has 4 rings (SSSR count). The first-order valence-electron chi connectivity index (χ1n) is 10.6. The minimum atomic E-state index is -0.652. The van der Waals surface area contributed by atoms with Crippen molar-refractivity contribution >= 4 is 46.3 Å². The molecule has 35 heavy (non-hydrogen) atoms. The van der Waals surface area contributed by atoms with Crippen LogP contribution in [0.15, 0.2) is 41.9 Å². The Morgan fingerprint density at radius 3 is 2.71 bits per heavy atom. The van der Waals surface area contributed by atoms with Gasteiger partial charge in [-0.1, -0.05) is 17.7 Å². The van der Waals surface area contributed by atoms with Gasteiger partial charge in [-0.3, -0.25) is 30.1 Å². The zero-order valence-corrected chi connectivity index (χ0v) is 20.1. The largest absolute Gasteiger partial charge is 0.338 e. The average molecular weight is 519 g/mol. The van der Waals surface area contributed by atoms with Gasteiger partial charge in [-0.2, -0.15) is 0 Å². The van der Waals surface area contributed by atoms with E-state index in [2.05, 4.69) is 15.4 Å². The minimum Gasteiger partial charge on any atom is -0.338 e. The maximum absolute atomic E-state index is 14.1. The van der Waals surface area contributed by atoms with Crippen LogP contribution in [0.2, 0.25) is 5.02 Å². The van der Waals surface area contributed by atoms with Gasteiger partial charge >= 0.3 is 5.69 Å². The van der Waals surface area contributed by atoms with E-state index >= 15 is 0 Å². The van der Waals surface area contributed by atoms with Crippen LogP contribution in [-0.4, -0.2) is 51.7 Å². The predicted molar refractivity (Wildman–Crippen MR) is 128 cm³/mol. The molecule has 2 amide bonds. The minimum absolute atomic E-state index is 0.00621. The lowest BCUT2D eigenvalue weighted by Gasteiger charge is -2.31. The zero-order chi connectivity index (χ0) is 25.1. The van der Waals surface area contributed by atoms with Crippen molar-refractivity contribution in [2.75, 3.05) is 25.1 Å². The van der Waals surface area contributed by atoms with Crippen molar-refractivity contribution in [2.45, 2.75) is 18.8 Å². The van der Waals surface area contributed by atoms with Crippen LogP contribution < -0.4 is 10.4 Å². The Labute approximate surface area is 208 Å². The Balaban J connectivity index is 1.38. The summed E-state index contributed by atoms with van der Waals surface area (Å²) in [6, 6.07) is 6.87. The van der Waals surface area contributed by atoms with Crippen molar-refractivity contribution in [3.05, 3.63) is 79.1 Å². The summed E-state index contributed by atoms with van der Waals surface area (Å²) in [7, 11) is 1.45. The smallest absolute Gasteiger partial charge is 0.313 e. The number of halogens is 2. The van der Waals surface area contributed by atoms with Gasteiger partial charge in [-0.25, -0.2) is 14.4 Å². The van der Waals surface area contributed by atoms with Gasteiger partial charge in [-0.05, 0) is 31.0 Å². The lowest BCUT2D eigenvalue weighted by atomic mass is 9.97. The Hall–Kier alpha value is -3.64. The molecule has 0 bridgehead atoms. The van der Waals surface area contributed by atoms with Crippen molar-refractivity contribution in [1.29, 1.82) is 0 Å². The number of nitrogens with zero attached hydrogens (tertiary/aromatic N) is 5. The van der Waals surface area contributed by atoms with Crippen molar-refractivity contribution in [3.8, 4) is 0 Å². The number of anilines is 1. The quantitative estimate of drug-likeness (QED) is 0.386. The third kappa shape index (κ3) is 5.23. The van der Waals surface area contributed by atoms with Crippen molar-refractivity contribution < 1.29 is 18.9 Å². The monoisotopic (exact) mass is 518 g/mol. The van der Waals surface area contributed by atoms with E-state index in [1.54, 1.807) is 10.3 Å². The van der Waals surface area contributed by atoms with Gasteiger partial charge < -0.3 is 4.90 Å². The SMILES string of the molecule is CN(NC(=O)c1csc(C2CCN(C(=O)c3c(F)cccc3Cl)CC2)n1)c1ncccc1[N+](=O)[O-]. The van der Waals surface area contributed by atoms with E-state index in [1.165, 1.54) is 59.9 Å². The molecule has 1 aliphatic heterocycles. The molecule has 10 nitrogen and oxygen atoms in total. The lowest BCUT2D eigenvalue weighted by molar-refractivity contribution is -0.384. The summed E-state index contributed by atoms with van der Waals surface area (Å²) in [6.07, 6.45) is 2.60. The summed E-state index contributed by atoms with van der Waals surface area (Å²) >= 11 is 7.35. The molecule has 1 saturated heterocycles. The molecule has 182 valence electrons. The number of hydrazine groups is 1. The van der Waals surface area contributed by atoms with Crippen LogP contribution in [0, 0.1) is 15.9 Å². The molecule has 2 aromatic heterocycles. The Kier molecular flexibility index (Phi) is 7.22. The summed E-state index contributed by atoms with van der Waals surface area (Å²) in [5.74, 6) is -1.60. The third-order valence-electron chi connectivity index (χ3n) is 5.61. The number of likely N-dealkylation sites (tertiary alicyclic amines) is 1. The molecule has 1 aliphatic rings. The van der Waals surface area contributed by atoms with E-state index in [9.17, 15) is 24.1 Å². The number of nitrogens with one attached hydrogen (secondary N) is 1. The third-order valence-corrected chi connectivity index (χ3v) is 6.93. The summed E-state index contributed by atoms with van der Waals surface area (Å²) in [5.41, 5.74) is 2.35. The fourth-order valence-electron chi connectivity index (χ4n) is 3.82. The predicted octanol–water partition coefficient (Wildman–Crippen LogP) is 4.04. The average Bonchev–Trinajstić information content (AvgIpc) is 3.34. The van der Waals surface area contributed by atoms with Crippen LogP contribution in [0.1, 0.15) is 44.6 Å². The maximum Gasteiger partial charge on any atom is 0.313 e. The number of aromatic nitrogens is 2. The molecule has 0 radical (unpaired) electrons. The maximum atomic E-state index is 14.1. The van der Waals surface area contributed by atoms with E-state index in [-0.39, 0.29) is 33.7 Å². The number of amides is 2. The zero-order valence-electron chi connectivity index (χ0n) is 18.5. The number of hydrogen-bond donors (Lipinski definition) is 1. The highest BCUT2D eigenvalue weighted by Gasteiger charge is 2.29. The molecule has 3 aromatic rings. The molecule has 1 fully saturated rings. The molecule has 0 saturated carbocycles. The van der Waals surface area contributed by atoms with E-state index in [0.29, 0.717) is 25.9 Å². The first-order valence-corrected chi connectivity index (χ1v) is 11.8. The number of pyridine rings is 1. The van der Waals surface area contributed by atoms with Crippen molar-refractivity contribution in [2.24, 2.45) is 0 Å². The van der Waals surface area contributed by atoms with E-state index in [1.807, 2.05) is 0 Å². The summed E-state index contributed by atoms with van der Waals surface area (Å²) < 4.78 is 14.1. The molecular formula is C22H20ClFN6O4S. The highest BCUT2D eigenvalue weighted by Crippen LogP contribution is 2.32. The summed E-state index contributed by atoms with van der Waals surface area (Å²) in [6.45, 7) is 0.808. The van der Waals surface area contributed by atoms with Gasteiger partial charge in [0, 0.05) is 43.7 Å². The number of carbonyl (C=O) groups excluding carboxylic acids is 2. The van der Waals surface area contributed by atoms with Crippen LogP contribution in [0.5, 0.6) is 0 Å². The lowest BCUT2D eigenvalue weighted by Crippen LogP contribution is -2.40. The molecule has 1 aromatic carbocycles. The number of thiazole rings is 1. The second kappa shape index (κ2) is 10.3. The molecule has 3 heterocycles. The van der Waals surface area contributed by atoms with Gasteiger partial charge in [0.1, 0.15) is 11.5 Å². The van der Waals surface area contributed by atoms with Gasteiger partial charge in [0.15, 0.2) is 0 Å². The standard InChI is InChI=1S/C22H20ClFN6O4S/c1-28(19-17(30(33)34)6-3-9-25-19)27-20(31)16-12-35-21(26-16)13-7-10-29(11-8-13)22(32)18-14(23)4-2-5-15(18)24/h2-6,9,12-13H,7-8,10-11H2,1H3,(H,27,31). The Bertz CT molecular complexity index is 1260. The van der Waals surface area contributed by atoms with Crippen LogP contribution in [0.25, 0.3) is 0 Å². The molecule has 0 aliphatic carbocycles. The molecule has 0 unspecified atom stereocenters. The Morgan fingerprint density at radius 1 is 1.29 bits per heavy atom. The van der Waals surface area contributed by atoms with Crippen molar-refractivity contribution in [1.82, 2.24) is 20.3 Å². The molecule has 0 atom stereocenters. The number of benzene rings is 1. The molecular weight excluding hydrogens is 499 g/mol. The van der Waals surface area contributed by atoms with E-state index in [0.717, 1.165) is 5.01 Å². The number of hydrogen-bond acceptors (Lipinski definition) is 8. The van der Waals surface area contributed by atoms with Crippen LogP contribution in [0.4, 0.5) is 15.9 Å². The fourth-order valence-corrected chi connectivity index (χ4v) is 5.04. The molecule has 0 spiro atoms. The first-order chi connectivity index (χ1) is 16.8. The summed E-state index contributed by atoms with van der Waals surface area (Å²) in [4.78, 5) is 46.0. The van der Waals surface area contributed by atoms with Gasteiger partial charge in [0.05, 0.1) is 20.5 Å². The van der Waals surface area contributed by atoms with Gasteiger partial charge in [0.25, 0.3) is 11.8 Å². The Morgan fingerprint density at radius 2 is 2.03 bits per heavy atom. The number of rotatable bonds is 6. The topological polar surface area (TPSA) is 122 Å². The number of carbonyl (C=O) groups is 2. The molecule has 1 N–H and O–H groups in total. The highest BCUT2D eigenvalue weighted by molar-refractivity contribution is 7.09. The fraction of sp³-hybridized carbons (Fsp3) is 0.273. The first kappa shape index (κ1) is 24.5. The second-order valence-corrected chi connectivity index (χ2v) is 9.13. The van der Waals surface area contributed by atoms with Gasteiger partial charge in [0.2, 0.25) is 5.82 Å².